The van der Waals surface area contributed by atoms with Crippen LogP contribution in [-0.4, -0.2) is 27.8 Å². The van der Waals surface area contributed by atoms with Crippen LogP contribution < -0.4 is 11.1 Å². The smallest absolute Gasteiger partial charge is 0.175 e. The van der Waals surface area contributed by atoms with E-state index < -0.39 is 9.84 Å². The van der Waals surface area contributed by atoms with Crippen LogP contribution in [0.4, 0.5) is 0 Å². The van der Waals surface area contributed by atoms with E-state index in [4.69, 9.17) is 5.73 Å². The molecule has 1 aliphatic heterocycles. The third-order valence-electron chi connectivity index (χ3n) is 3.30. The van der Waals surface area contributed by atoms with Crippen LogP contribution in [0.15, 0.2) is 29.2 Å². The van der Waals surface area contributed by atoms with Gasteiger partial charge in [-0.05, 0) is 43.1 Å². The monoisotopic (exact) mass is 254 g/mol. The zero-order chi connectivity index (χ0) is 12.5. The van der Waals surface area contributed by atoms with Crippen LogP contribution in [0.1, 0.15) is 18.0 Å². The summed E-state index contributed by atoms with van der Waals surface area (Å²) in [6.45, 7) is 1.95. The van der Waals surface area contributed by atoms with Gasteiger partial charge in [-0.15, -0.1) is 0 Å². The zero-order valence-corrected chi connectivity index (χ0v) is 10.7. The second-order valence-corrected chi connectivity index (χ2v) is 6.64. The molecule has 17 heavy (non-hydrogen) atoms. The minimum absolute atomic E-state index is 0.0152. The lowest BCUT2D eigenvalue weighted by Crippen LogP contribution is -2.23. The molecule has 2 rings (SSSR count). The molecule has 1 fully saturated rings. The van der Waals surface area contributed by atoms with Gasteiger partial charge < -0.3 is 11.1 Å². The summed E-state index contributed by atoms with van der Waals surface area (Å²) >= 11 is 0. The number of nitrogens with one attached hydrogen (secondary N) is 1. The molecule has 5 heteroatoms. The average Bonchev–Trinajstić information content (AvgIpc) is 2.80. The van der Waals surface area contributed by atoms with Crippen LogP contribution in [0.25, 0.3) is 0 Å². The van der Waals surface area contributed by atoms with Gasteiger partial charge >= 0.3 is 0 Å². The fourth-order valence-corrected chi connectivity index (χ4v) is 2.82. The van der Waals surface area contributed by atoms with Crippen molar-refractivity contribution in [1.29, 1.82) is 0 Å². The highest BCUT2D eigenvalue weighted by Crippen LogP contribution is 2.25. The van der Waals surface area contributed by atoms with Crippen molar-refractivity contribution in [3.63, 3.8) is 0 Å². The van der Waals surface area contributed by atoms with Crippen molar-refractivity contribution < 1.29 is 8.42 Å². The molecule has 1 aromatic rings. The summed E-state index contributed by atoms with van der Waals surface area (Å²) in [5.74, 6) is 0.444. The van der Waals surface area contributed by atoms with Gasteiger partial charge in [-0.2, -0.15) is 0 Å². The third kappa shape index (κ3) is 2.86. The first-order chi connectivity index (χ1) is 7.98. The van der Waals surface area contributed by atoms with Crippen molar-refractivity contribution in [2.24, 2.45) is 11.7 Å². The molecule has 0 aliphatic carbocycles. The topological polar surface area (TPSA) is 72.2 Å². The molecule has 0 saturated carbocycles. The third-order valence-corrected chi connectivity index (χ3v) is 4.43. The number of nitrogens with two attached hydrogens (primary N) is 1. The molecule has 94 valence electrons. The molecule has 2 atom stereocenters. The van der Waals surface area contributed by atoms with E-state index in [1.807, 2.05) is 12.1 Å². The molecule has 0 radical (unpaired) electrons. The van der Waals surface area contributed by atoms with Gasteiger partial charge in [-0.1, -0.05) is 12.1 Å². The highest BCUT2D eigenvalue weighted by molar-refractivity contribution is 7.90. The molecule has 3 N–H and O–H groups in total. The predicted octanol–water partition coefficient (Wildman–Crippen LogP) is 0.699. The molecule has 0 spiro atoms. The lowest BCUT2D eigenvalue weighted by atomic mass is 9.93. The summed E-state index contributed by atoms with van der Waals surface area (Å²) in [6.07, 6.45) is 2.29. The van der Waals surface area contributed by atoms with Gasteiger partial charge in [0.05, 0.1) is 4.90 Å². The van der Waals surface area contributed by atoms with E-state index in [-0.39, 0.29) is 6.04 Å². The lowest BCUT2D eigenvalue weighted by molar-refractivity contribution is 0.470. The summed E-state index contributed by atoms with van der Waals surface area (Å²) in [7, 11) is -3.12. The molecule has 1 aromatic carbocycles. The van der Waals surface area contributed by atoms with E-state index in [0.717, 1.165) is 25.1 Å². The number of rotatable bonds is 3. The molecular formula is C12H18N2O2S. The molecule has 4 nitrogen and oxygen atoms in total. The van der Waals surface area contributed by atoms with Crippen molar-refractivity contribution in [1.82, 2.24) is 5.32 Å². The quantitative estimate of drug-likeness (QED) is 0.833. The van der Waals surface area contributed by atoms with Crippen LogP contribution in [-0.2, 0) is 9.84 Å². The van der Waals surface area contributed by atoms with Gasteiger partial charge in [0.2, 0.25) is 0 Å². The Morgan fingerprint density at radius 3 is 2.47 bits per heavy atom. The van der Waals surface area contributed by atoms with E-state index in [9.17, 15) is 8.42 Å². The summed E-state index contributed by atoms with van der Waals surface area (Å²) < 4.78 is 22.7. The van der Waals surface area contributed by atoms with E-state index in [1.54, 1.807) is 12.1 Å². The van der Waals surface area contributed by atoms with Crippen LogP contribution in [0.3, 0.4) is 0 Å². The van der Waals surface area contributed by atoms with Gasteiger partial charge in [-0.3, -0.25) is 0 Å². The van der Waals surface area contributed by atoms with Crippen molar-refractivity contribution in [3.8, 4) is 0 Å². The molecule has 1 aliphatic rings. The fraction of sp³-hybridized carbons (Fsp3) is 0.500. The lowest BCUT2D eigenvalue weighted by Gasteiger charge is -2.18. The van der Waals surface area contributed by atoms with Crippen LogP contribution in [0.2, 0.25) is 0 Å². The molecular weight excluding hydrogens is 236 g/mol. The second-order valence-electron chi connectivity index (χ2n) is 4.62. The minimum Gasteiger partial charge on any atom is -0.324 e. The molecule has 0 aromatic heterocycles. The number of sulfone groups is 1. The summed E-state index contributed by atoms with van der Waals surface area (Å²) in [6, 6.07) is 6.89. The first kappa shape index (κ1) is 12.5. The van der Waals surface area contributed by atoms with E-state index in [2.05, 4.69) is 5.32 Å². The van der Waals surface area contributed by atoms with E-state index in [1.165, 1.54) is 6.26 Å². The van der Waals surface area contributed by atoms with E-state index in [0.29, 0.717) is 10.8 Å². The Morgan fingerprint density at radius 1 is 1.35 bits per heavy atom. The Balaban J connectivity index is 2.17. The van der Waals surface area contributed by atoms with Crippen molar-refractivity contribution in [2.75, 3.05) is 19.3 Å². The van der Waals surface area contributed by atoms with Gasteiger partial charge in [0.1, 0.15) is 0 Å². The summed E-state index contributed by atoms with van der Waals surface area (Å²) in [4.78, 5) is 0.345. The first-order valence-corrected chi connectivity index (χ1v) is 7.64. The maximum atomic E-state index is 11.3. The van der Waals surface area contributed by atoms with Crippen LogP contribution in [0.5, 0.6) is 0 Å². The van der Waals surface area contributed by atoms with E-state index >= 15 is 0 Å². The fourth-order valence-electron chi connectivity index (χ4n) is 2.19. The maximum Gasteiger partial charge on any atom is 0.175 e. The SMILES string of the molecule is CS(=O)(=O)c1ccc(C(N)C2CCNC2)cc1. The van der Waals surface area contributed by atoms with Gasteiger partial charge in [-0.25, -0.2) is 8.42 Å². The van der Waals surface area contributed by atoms with Crippen LogP contribution in [0, 0.1) is 5.92 Å². The average molecular weight is 254 g/mol. The Hall–Kier alpha value is -0.910. The predicted molar refractivity (Wildman–Crippen MR) is 67.5 cm³/mol. The molecule has 0 bridgehead atoms. The summed E-state index contributed by atoms with van der Waals surface area (Å²) in [5, 5.41) is 3.28. The maximum absolute atomic E-state index is 11.3. The Kier molecular flexibility index (Phi) is 3.51. The Morgan fingerprint density at radius 2 is 2.00 bits per heavy atom. The van der Waals surface area contributed by atoms with Crippen molar-refractivity contribution in [3.05, 3.63) is 29.8 Å². The highest BCUT2D eigenvalue weighted by atomic mass is 32.2. The molecule has 2 unspecified atom stereocenters. The van der Waals surface area contributed by atoms with Gasteiger partial charge in [0, 0.05) is 12.3 Å². The summed E-state index contributed by atoms with van der Waals surface area (Å²) in [5.41, 5.74) is 7.18. The molecule has 0 amide bonds. The number of hydrogen-bond donors (Lipinski definition) is 2. The highest BCUT2D eigenvalue weighted by Gasteiger charge is 2.23. The number of hydrogen-bond acceptors (Lipinski definition) is 4. The van der Waals surface area contributed by atoms with Gasteiger partial charge in [0.15, 0.2) is 9.84 Å². The Bertz CT molecular complexity index is 476. The largest absolute Gasteiger partial charge is 0.324 e. The minimum atomic E-state index is -3.12. The van der Waals surface area contributed by atoms with Crippen molar-refractivity contribution >= 4 is 9.84 Å². The standard InChI is InChI=1S/C12H18N2O2S/c1-17(15,16)11-4-2-9(3-5-11)12(13)10-6-7-14-8-10/h2-5,10,12,14H,6-8,13H2,1H3. The molecule has 1 saturated heterocycles. The normalized spacial score (nSPS) is 22.6. The second kappa shape index (κ2) is 4.76. The molecule has 1 heterocycles. The number of benzene rings is 1. The zero-order valence-electron chi connectivity index (χ0n) is 9.89. The van der Waals surface area contributed by atoms with Gasteiger partial charge in [0.25, 0.3) is 0 Å². The van der Waals surface area contributed by atoms with Crippen molar-refractivity contribution in [2.45, 2.75) is 17.4 Å². The van der Waals surface area contributed by atoms with Crippen LogP contribution >= 0.6 is 0 Å². The first-order valence-electron chi connectivity index (χ1n) is 5.75. The Labute approximate surface area is 102 Å².